The average molecular weight is 321 g/mol. The van der Waals surface area contributed by atoms with Gasteiger partial charge in [-0.15, -0.1) is 0 Å². The molecule has 1 fully saturated rings. The van der Waals surface area contributed by atoms with E-state index in [1.54, 1.807) is 0 Å². The van der Waals surface area contributed by atoms with Crippen LogP contribution in [-0.4, -0.2) is 53.5 Å². The lowest BCUT2D eigenvalue weighted by molar-refractivity contribution is -0.962. The van der Waals surface area contributed by atoms with Crippen LogP contribution in [0.15, 0.2) is 24.3 Å². The molecular weight excluding hydrogens is 286 g/mol. The molecule has 1 aromatic carbocycles. The molecule has 1 aliphatic heterocycles. The highest BCUT2D eigenvalue weighted by atomic mass is 28.1. The van der Waals surface area contributed by atoms with Gasteiger partial charge < -0.3 is 15.1 Å². The van der Waals surface area contributed by atoms with Crippen molar-refractivity contribution in [3.8, 4) is 0 Å². The van der Waals surface area contributed by atoms with E-state index in [1.807, 2.05) is 12.1 Å². The van der Waals surface area contributed by atoms with Crippen molar-refractivity contribution >= 4 is 21.6 Å². The van der Waals surface area contributed by atoms with Crippen LogP contribution in [0.3, 0.4) is 0 Å². The van der Waals surface area contributed by atoms with Crippen molar-refractivity contribution < 1.29 is 4.48 Å². The van der Waals surface area contributed by atoms with Gasteiger partial charge in [0, 0.05) is 40.5 Å². The molecule has 1 saturated heterocycles. The van der Waals surface area contributed by atoms with Crippen molar-refractivity contribution in [2.45, 2.75) is 44.8 Å². The lowest BCUT2D eigenvalue weighted by Crippen LogP contribution is -2.64. The molecule has 2 atom stereocenters. The van der Waals surface area contributed by atoms with E-state index < -0.39 is 0 Å². The third-order valence-corrected chi connectivity index (χ3v) is 7.86. The Kier molecular flexibility index (Phi) is 4.92. The molecule has 124 valence electrons. The van der Waals surface area contributed by atoms with E-state index >= 15 is 0 Å². The molecule has 0 saturated carbocycles. The van der Waals surface area contributed by atoms with Crippen LogP contribution in [0.1, 0.15) is 27.2 Å². The largest absolute Gasteiger partial charge is 0.399 e. The minimum absolute atomic E-state index is 0.323. The number of nitrogen functional groups attached to an aromatic ring is 1. The van der Waals surface area contributed by atoms with E-state index in [1.165, 1.54) is 28.4 Å². The molecular formula is C18H34N3Si+. The average Bonchev–Trinajstić information content (AvgIpc) is 2.97. The summed E-state index contributed by atoms with van der Waals surface area (Å²) in [7, 11) is 6.17. The molecule has 0 amide bonds. The molecule has 3 nitrogen and oxygen atoms in total. The number of likely N-dealkylation sites (N-methyl/N-ethyl adjacent to an activating group) is 1. The van der Waals surface area contributed by atoms with Crippen molar-refractivity contribution in [1.29, 1.82) is 0 Å². The summed E-state index contributed by atoms with van der Waals surface area (Å²) >= 11 is 0. The van der Waals surface area contributed by atoms with Gasteiger partial charge in [-0.05, 0) is 38.1 Å². The lowest BCUT2D eigenvalue weighted by atomic mass is 9.85. The highest BCUT2D eigenvalue weighted by Crippen LogP contribution is 2.36. The Balaban J connectivity index is 2.13. The topological polar surface area (TPSA) is 29.3 Å². The fourth-order valence-electron chi connectivity index (χ4n) is 3.73. The van der Waals surface area contributed by atoms with E-state index in [-0.39, 0.29) is 0 Å². The second-order valence-corrected chi connectivity index (χ2v) is 8.80. The zero-order valence-electron chi connectivity index (χ0n) is 15.3. The molecule has 1 aromatic rings. The third kappa shape index (κ3) is 3.04. The number of anilines is 2. The van der Waals surface area contributed by atoms with E-state index in [9.17, 15) is 0 Å². The molecule has 0 aromatic heterocycles. The van der Waals surface area contributed by atoms with Crippen LogP contribution in [-0.2, 0) is 0 Å². The Morgan fingerprint density at radius 1 is 1.32 bits per heavy atom. The van der Waals surface area contributed by atoms with Crippen LogP contribution in [0.5, 0.6) is 0 Å². The van der Waals surface area contributed by atoms with Crippen LogP contribution in [0.2, 0.25) is 6.04 Å². The second-order valence-electron chi connectivity index (χ2n) is 7.98. The summed E-state index contributed by atoms with van der Waals surface area (Å²) in [5.74, 6) is 0.778. The van der Waals surface area contributed by atoms with E-state index in [0.717, 1.165) is 29.2 Å². The van der Waals surface area contributed by atoms with Gasteiger partial charge >= 0.3 is 0 Å². The maximum absolute atomic E-state index is 5.81. The highest BCUT2D eigenvalue weighted by molar-refractivity contribution is 6.08. The number of hydrogen-bond acceptors (Lipinski definition) is 2. The van der Waals surface area contributed by atoms with Gasteiger partial charge in [-0.2, -0.15) is 0 Å². The minimum atomic E-state index is 0.323. The standard InChI is InChI=1S/C18H34N3Si/c1-14(13-22)18(2,3)21(4,5)17-10-11-20(12-17)16-8-6-15(19)7-9-16/h6-9,14,17H,10-13,19H2,1-5,22H3/q+1. The Hall–Kier alpha value is -1.00. The predicted molar refractivity (Wildman–Crippen MR) is 102 cm³/mol. The summed E-state index contributed by atoms with van der Waals surface area (Å²) in [6.07, 6.45) is 1.27. The molecule has 4 heteroatoms. The van der Waals surface area contributed by atoms with Crippen LogP contribution in [0.25, 0.3) is 0 Å². The number of benzene rings is 1. The normalized spacial score (nSPS) is 21.3. The summed E-state index contributed by atoms with van der Waals surface area (Å²) in [4.78, 5) is 2.52. The molecule has 2 N–H and O–H groups in total. The van der Waals surface area contributed by atoms with Crippen molar-refractivity contribution in [3.63, 3.8) is 0 Å². The molecule has 0 bridgehead atoms. The summed E-state index contributed by atoms with van der Waals surface area (Å²) in [5, 5.41) is 0. The first-order valence-corrected chi connectivity index (χ1v) is 10.1. The number of nitrogens with two attached hydrogens (primary N) is 1. The molecule has 0 spiro atoms. The third-order valence-electron chi connectivity index (χ3n) is 6.64. The predicted octanol–water partition coefficient (Wildman–Crippen LogP) is 2.12. The smallest absolute Gasteiger partial charge is 0.108 e. The fourth-order valence-corrected chi connectivity index (χ4v) is 4.73. The summed E-state index contributed by atoms with van der Waals surface area (Å²) in [6.45, 7) is 9.65. The number of nitrogens with zero attached hydrogens (tertiary/aromatic N) is 2. The quantitative estimate of drug-likeness (QED) is 0.511. The Morgan fingerprint density at radius 2 is 1.91 bits per heavy atom. The van der Waals surface area contributed by atoms with Crippen LogP contribution < -0.4 is 10.6 Å². The van der Waals surface area contributed by atoms with Gasteiger partial charge in [0.1, 0.15) is 6.04 Å². The number of rotatable bonds is 5. The van der Waals surface area contributed by atoms with Gasteiger partial charge in [0.2, 0.25) is 0 Å². The monoisotopic (exact) mass is 320 g/mol. The Labute approximate surface area is 139 Å². The molecule has 2 rings (SSSR count). The van der Waals surface area contributed by atoms with Gasteiger partial charge in [-0.3, -0.25) is 0 Å². The van der Waals surface area contributed by atoms with Gasteiger partial charge in [0.15, 0.2) is 0 Å². The number of quaternary nitrogens is 1. The molecule has 2 unspecified atom stereocenters. The second kappa shape index (κ2) is 6.24. The summed E-state index contributed by atoms with van der Waals surface area (Å²) in [6, 6.07) is 10.4. The first kappa shape index (κ1) is 17.4. The molecule has 0 aliphatic carbocycles. The first-order chi connectivity index (χ1) is 10.2. The highest BCUT2D eigenvalue weighted by Gasteiger charge is 2.47. The zero-order chi connectivity index (χ0) is 16.5. The fraction of sp³-hybridized carbons (Fsp3) is 0.667. The zero-order valence-corrected chi connectivity index (χ0v) is 17.3. The van der Waals surface area contributed by atoms with Crippen LogP contribution in [0.4, 0.5) is 11.4 Å². The van der Waals surface area contributed by atoms with Crippen LogP contribution in [0, 0.1) is 5.92 Å². The van der Waals surface area contributed by atoms with Crippen molar-refractivity contribution in [2.75, 3.05) is 37.8 Å². The summed E-state index contributed by atoms with van der Waals surface area (Å²) < 4.78 is 1.11. The first-order valence-electron chi connectivity index (χ1n) is 8.64. The molecule has 0 radical (unpaired) electrons. The molecule has 22 heavy (non-hydrogen) atoms. The van der Waals surface area contributed by atoms with Crippen molar-refractivity contribution in [3.05, 3.63) is 24.3 Å². The van der Waals surface area contributed by atoms with Gasteiger partial charge in [0.25, 0.3) is 0 Å². The van der Waals surface area contributed by atoms with Crippen molar-refractivity contribution in [2.24, 2.45) is 5.92 Å². The molecule has 1 heterocycles. The Morgan fingerprint density at radius 3 is 2.45 bits per heavy atom. The van der Waals surface area contributed by atoms with E-state index in [0.29, 0.717) is 11.6 Å². The lowest BCUT2D eigenvalue weighted by Gasteiger charge is -2.51. The van der Waals surface area contributed by atoms with Crippen LogP contribution >= 0.6 is 0 Å². The maximum Gasteiger partial charge on any atom is 0.108 e. The Bertz CT molecular complexity index is 496. The van der Waals surface area contributed by atoms with E-state index in [4.69, 9.17) is 5.73 Å². The number of hydrogen-bond donors (Lipinski definition) is 1. The SMILES string of the molecule is CC(C[SiH3])C(C)(C)[N+](C)(C)C1CCN(c2ccc(N)cc2)C1. The maximum atomic E-state index is 5.81. The van der Waals surface area contributed by atoms with E-state index in [2.05, 4.69) is 51.9 Å². The van der Waals surface area contributed by atoms with Crippen molar-refractivity contribution in [1.82, 2.24) is 0 Å². The minimum Gasteiger partial charge on any atom is -0.399 e. The summed E-state index contributed by atoms with van der Waals surface area (Å²) in [5.41, 5.74) is 8.29. The molecule has 1 aliphatic rings. The van der Waals surface area contributed by atoms with Gasteiger partial charge in [-0.1, -0.05) is 13.0 Å². The van der Waals surface area contributed by atoms with Gasteiger partial charge in [0.05, 0.1) is 26.2 Å². The van der Waals surface area contributed by atoms with Gasteiger partial charge in [-0.25, -0.2) is 0 Å².